The molecule has 0 atom stereocenters. The molecule has 21 heavy (non-hydrogen) atoms. The summed E-state index contributed by atoms with van der Waals surface area (Å²) in [5, 5.41) is 10.1. The Hall–Kier alpha value is -2.56. The number of phenolic OH excluding ortho intramolecular Hbond substituents is 1. The summed E-state index contributed by atoms with van der Waals surface area (Å²) in [5.74, 6) is 0.232. The molecule has 1 heterocycles. The van der Waals surface area contributed by atoms with Gasteiger partial charge in [0.2, 0.25) is 0 Å². The summed E-state index contributed by atoms with van der Waals surface area (Å²) in [6.45, 7) is 2.73. The number of nitrogen functional groups attached to an aromatic ring is 1. The van der Waals surface area contributed by atoms with Crippen LogP contribution in [0.4, 0.5) is 10.1 Å². The standard InChI is InChI=1S/C16H16FN3O/c1-2-8-20-13-5-3-4-12(17)15(13)19-16(20)11-7-6-10(18)9-14(11)21/h3-7,9,21H,2,8,18H2,1H3. The minimum atomic E-state index is -0.362. The molecular formula is C16H16FN3O. The maximum absolute atomic E-state index is 13.9. The van der Waals surface area contributed by atoms with Gasteiger partial charge in [0.15, 0.2) is 5.82 Å². The molecule has 0 aliphatic heterocycles. The van der Waals surface area contributed by atoms with Gasteiger partial charge in [0.05, 0.1) is 11.1 Å². The largest absolute Gasteiger partial charge is 0.507 e. The van der Waals surface area contributed by atoms with E-state index < -0.39 is 0 Å². The van der Waals surface area contributed by atoms with Gasteiger partial charge in [-0.05, 0) is 30.7 Å². The normalized spacial score (nSPS) is 11.1. The topological polar surface area (TPSA) is 64.1 Å². The number of fused-ring (bicyclic) bond motifs is 1. The molecular weight excluding hydrogens is 269 g/mol. The number of halogens is 1. The van der Waals surface area contributed by atoms with Crippen molar-refractivity contribution in [1.29, 1.82) is 0 Å². The molecule has 0 saturated heterocycles. The molecule has 0 spiro atoms. The third-order valence-corrected chi connectivity index (χ3v) is 3.44. The van der Waals surface area contributed by atoms with E-state index in [1.165, 1.54) is 12.1 Å². The van der Waals surface area contributed by atoms with Crippen LogP contribution in [0.5, 0.6) is 5.75 Å². The van der Waals surface area contributed by atoms with Gasteiger partial charge in [-0.2, -0.15) is 0 Å². The van der Waals surface area contributed by atoms with Gasteiger partial charge in [0.25, 0.3) is 0 Å². The fourth-order valence-electron chi connectivity index (χ4n) is 2.51. The first-order valence-electron chi connectivity index (χ1n) is 6.85. The van der Waals surface area contributed by atoms with E-state index in [9.17, 15) is 9.50 Å². The van der Waals surface area contributed by atoms with Crippen molar-refractivity contribution < 1.29 is 9.50 Å². The molecule has 0 saturated carbocycles. The molecule has 0 bridgehead atoms. The fraction of sp³-hybridized carbons (Fsp3) is 0.188. The van der Waals surface area contributed by atoms with Crippen LogP contribution in [-0.4, -0.2) is 14.7 Å². The van der Waals surface area contributed by atoms with Crippen LogP contribution in [0.15, 0.2) is 36.4 Å². The summed E-state index contributed by atoms with van der Waals surface area (Å²) in [5.41, 5.74) is 7.72. The summed E-state index contributed by atoms with van der Waals surface area (Å²) in [4.78, 5) is 4.38. The van der Waals surface area contributed by atoms with Crippen LogP contribution in [0.3, 0.4) is 0 Å². The third kappa shape index (κ3) is 2.20. The molecule has 4 nitrogen and oxygen atoms in total. The predicted octanol–water partition coefficient (Wildman–Crippen LogP) is 3.54. The Balaban J connectivity index is 2.30. The number of phenols is 1. The Labute approximate surface area is 121 Å². The molecule has 108 valence electrons. The second kappa shape index (κ2) is 5.09. The van der Waals surface area contributed by atoms with Crippen molar-refractivity contribution in [3.63, 3.8) is 0 Å². The summed E-state index contributed by atoms with van der Waals surface area (Å²) < 4.78 is 15.9. The van der Waals surface area contributed by atoms with Crippen molar-refractivity contribution in [3.8, 4) is 17.1 Å². The zero-order valence-corrected chi connectivity index (χ0v) is 11.7. The van der Waals surface area contributed by atoms with Gasteiger partial charge in [0.1, 0.15) is 17.1 Å². The summed E-state index contributed by atoms with van der Waals surface area (Å²) in [6.07, 6.45) is 0.880. The third-order valence-electron chi connectivity index (χ3n) is 3.44. The van der Waals surface area contributed by atoms with E-state index in [0.29, 0.717) is 29.1 Å². The minimum absolute atomic E-state index is 0.0445. The number of aromatic nitrogens is 2. The highest BCUT2D eigenvalue weighted by Crippen LogP contribution is 2.33. The van der Waals surface area contributed by atoms with Gasteiger partial charge in [-0.15, -0.1) is 0 Å². The zero-order chi connectivity index (χ0) is 15.0. The van der Waals surface area contributed by atoms with Crippen molar-refractivity contribution in [2.24, 2.45) is 0 Å². The van der Waals surface area contributed by atoms with Gasteiger partial charge in [-0.3, -0.25) is 0 Å². The number of anilines is 1. The molecule has 2 aromatic carbocycles. The first kappa shape index (κ1) is 13.4. The van der Waals surface area contributed by atoms with Crippen molar-refractivity contribution in [1.82, 2.24) is 9.55 Å². The Morgan fingerprint density at radius 3 is 2.81 bits per heavy atom. The van der Waals surface area contributed by atoms with E-state index in [4.69, 9.17) is 5.73 Å². The molecule has 3 N–H and O–H groups in total. The first-order chi connectivity index (χ1) is 10.1. The Morgan fingerprint density at radius 1 is 1.29 bits per heavy atom. The Bertz CT molecular complexity index is 811. The lowest BCUT2D eigenvalue weighted by Crippen LogP contribution is -2.00. The summed E-state index contributed by atoms with van der Waals surface area (Å²) in [6, 6.07) is 9.76. The molecule has 0 aliphatic rings. The quantitative estimate of drug-likeness (QED) is 0.723. The van der Waals surface area contributed by atoms with Crippen molar-refractivity contribution in [2.45, 2.75) is 19.9 Å². The van der Waals surface area contributed by atoms with Gasteiger partial charge in [0, 0.05) is 18.3 Å². The van der Waals surface area contributed by atoms with E-state index in [2.05, 4.69) is 4.98 Å². The number of hydrogen-bond acceptors (Lipinski definition) is 3. The smallest absolute Gasteiger partial charge is 0.151 e. The fourth-order valence-corrected chi connectivity index (χ4v) is 2.51. The van der Waals surface area contributed by atoms with Gasteiger partial charge in [-0.1, -0.05) is 13.0 Å². The van der Waals surface area contributed by atoms with Gasteiger partial charge in [-0.25, -0.2) is 9.37 Å². The van der Waals surface area contributed by atoms with Crippen LogP contribution in [0.25, 0.3) is 22.4 Å². The molecule has 3 rings (SSSR count). The number of nitrogens with two attached hydrogens (primary N) is 1. The molecule has 0 amide bonds. The van der Waals surface area contributed by atoms with Gasteiger partial charge < -0.3 is 15.4 Å². The van der Waals surface area contributed by atoms with Crippen molar-refractivity contribution >= 4 is 16.7 Å². The van der Waals surface area contributed by atoms with E-state index in [0.717, 1.165) is 11.9 Å². The number of rotatable bonds is 3. The number of benzene rings is 2. The second-order valence-electron chi connectivity index (χ2n) is 4.97. The van der Waals surface area contributed by atoms with Crippen LogP contribution in [0.2, 0.25) is 0 Å². The van der Waals surface area contributed by atoms with Crippen LogP contribution >= 0.6 is 0 Å². The highest BCUT2D eigenvalue weighted by molar-refractivity contribution is 5.82. The molecule has 0 fully saturated rings. The van der Waals surface area contributed by atoms with Gasteiger partial charge >= 0.3 is 0 Å². The number of aryl methyl sites for hydroxylation is 1. The van der Waals surface area contributed by atoms with Crippen LogP contribution in [0, 0.1) is 5.82 Å². The number of nitrogens with zero attached hydrogens (tertiary/aromatic N) is 2. The lowest BCUT2D eigenvalue weighted by atomic mass is 10.1. The van der Waals surface area contributed by atoms with E-state index in [1.54, 1.807) is 18.2 Å². The molecule has 5 heteroatoms. The second-order valence-corrected chi connectivity index (χ2v) is 4.97. The minimum Gasteiger partial charge on any atom is -0.507 e. The lowest BCUT2D eigenvalue weighted by molar-refractivity contribution is 0.476. The van der Waals surface area contributed by atoms with E-state index in [1.807, 2.05) is 17.6 Å². The number of hydrogen-bond donors (Lipinski definition) is 2. The maximum Gasteiger partial charge on any atom is 0.151 e. The van der Waals surface area contributed by atoms with Crippen LogP contribution < -0.4 is 5.73 Å². The molecule has 0 aliphatic carbocycles. The predicted molar refractivity (Wildman–Crippen MR) is 81.5 cm³/mol. The Kier molecular flexibility index (Phi) is 3.25. The molecule has 1 aromatic heterocycles. The first-order valence-corrected chi connectivity index (χ1v) is 6.85. The van der Waals surface area contributed by atoms with E-state index in [-0.39, 0.29) is 11.6 Å². The highest BCUT2D eigenvalue weighted by atomic mass is 19.1. The monoisotopic (exact) mass is 285 g/mol. The van der Waals surface area contributed by atoms with E-state index >= 15 is 0 Å². The maximum atomic E-state index is 13.9. The summed E-state index contributed by atoms with van der Waals surface area (Å²) in [7, 11) is 0. The summed E-state index contributed by atoms with van der Waals surface area (Å²) >= 11 is 0. The molecule has 0 unspecified atom stereocenters. The number of imidazole rings is 1. The van der Waals surface area contributed by atoms with Crippen LogP contribution in [0.1, 0.15) is 13.3 Å². The SMILES string of the molecule is CCCn1c(-c2ccc(N)cc2O)nc2c(F)cccc21. The highest BCUT2D eigenvalue weighted by Gasteiger charge is 2.17. The molecule has 3 aromatic rings. The average molecular weight is 285 g/mol. The number of aromatic hydroxyl groups is 1. The van der Waals surface area contributed by atoms with Crippen molar-refractivity contribution in [3.05, 3.63) is 42.2 Å². The zero-order valence-electron chi connectivity index (χ0n) is 11.7. The Morgan fingerprint density at radius 2 is 2.10 bits per heavy atom. The molecule has 0 radical (unpaired) electrons. The van der Waals surface area contributed by atoms with Crippen LogP contribution in [-0.2, 0) is 6.54 Å². The lowest BCUT2D eigenvalue weighted by Gasteiger charge is -2.09. The average Bonchev–Trinajstić information content (AvgIpc) is 2.80. The van der Waals surface area contributed by atoms with Crippen molar-refractivity contribution in [2.75, 3.05) is 5.73 Å². The number of para-hydroxylation sites is 1.